The van der Waals surface area contributed by atoms with Gasteiger partial charge in [-0.3, -0.25) is 5.10 Å². The molecule has 2 nitrogen and oxygen atoms in total. The Kier molecular flexibility index (Phi) is 2.49. The topological polar surface area (TPSA) is 28.7 Å². The van der Waals surface area contributed by atoms with Crippen molar-refractivity contribution in [1.82, 2.24) is 10.2 Å². The first-order valence-corrected chi connectivity index (χ1v) is 4.69. The van der Waals surface area contributed by atoms with E-state index in [1.54, 1.807) is 12.3 Å². The third kappa shape index (κ3) is 1.93. The van der Waals surface area contributed by atoms with Crippen LogP contribution in [0.3, 0.4) is 0 Å². The molecule has 0 saturated heterocycles. The number of aromatic nitrogens is 2. The van der Waals surface area contributed by atoms with Crippen molar-refractivity contribution in [3.05, 3.63) is 42.1 Å². The van der Waals surface area contributed by atoms with Gasteiger partial charge in [-0.05, 0) is 18.2 Å². The number of halogens is 2. The third-order valence-electron chi connectivity index (χ3n) is 1.59. The van der Waals surface area contributed by atoms with Crippen LogP contribution in [0.25, 0.3) is 0 Å². The van der Waals surface area contributed by atoms with E-state index in [0.717, 1.165) is 11.1 Å². The van der Waals surface area contributed by atoms with Crippen LogP contribution in [0.1, 0.15) is 0 Å². The Morgan fingerprint density at radius 3 is 2.71 bits per heavy atom. The van der Waals surface area contributed by atoms with Crippen molar-refractivity contribution in [3.8, 4) is 0 Å². The molecule has 0 atom stereocenters. The molecule has 0 spiro atoms. The van der Waals surface area contributed by atoms with Gasteiger partial charge in [-0.15, -0.1) is 0 Å². The fraction of sp³-hybridized carbons (Fsp3) is 0. The average Bonchev–Trinajstić information content (AvgIpc) is 2.62. The molecule has 0 aliphatic heterocycles. The van der Waals surface area contributed by atoms with Gasteiger partial charge in [-0.1, -0.05) is 11.8 Å². The van der Waals surface area contributed by atoms with Gasteiger partial charge in [0, 0.05) is 17.2 Å². The van der Waals surface area contributed by atoms with Gasteiger partial charge in [0.25, 0.3) is 0 Å². The van der Waals surface area contributed by atoms with Crippen LogP contribution < -0.4 is 0 Å². The van der Waals surface area contributed by atoms with Gasteiger partial charge in [0.15, 0.2) is 0 Å². The standard InChI is InChI=1S/C9H6F2N2S/c10-6-1-2-8(7(11)5-6)14-9-3-4-12-13-9/h1-5H,(H,12,13). The second kappa shape index (κ2) is 3.79. The van der Waals surface area contributed by atoms with Crippen molar-refractivity contribution in [3.63, 3.8) is 0 Å². The van der Waals surface area contributed by atoms with Crippen LogP contribution in [-0.4, -0.2) is 10.2 Å². The summed E-state index contributed by atoms with van der Waals surface area (Å²) < 4.78 is 25.7. The number of hydrogen-bond donors (Lipinski definition) is 1. The molecule has 1 N–H and O–H groups in total. The van der Waals surface area contributed by atoms with Crippen molar-refractivity contribution in [2.75, 3.05) is 0 Å². The van der Waals surface area contributed by atoms with Crippen LogP contribution in [0.5, 0.6) is 0 Å². The lowest BCUT2D eigenvalue weighted by Gasteiger charge is -1.99. The number of benzene rings is 1. The number of H-pyrrole nitrogens is 1. The van der Waals surface area contributed by atoms with Crippen LogP contribution in [-0.2, 0) is 0 Å². The summed E-state index contributed by atoms with van der Waals surface area (Å²) in [6, 6.07) is 5.20. The molecule has 2 rings (SSSR count). The highest BCUT2D eigenvalue weighted by molar-refractivity contribution is 7.99. The van der Waals surface area contributed by atoms with E-state index in [0.29, 0.717) is 4.90 Å². The molecule has 1 heterocycles. The summed E-state index contributed by atoms with van der Waals surface area (Å²) in [7, 11) is 0. The van der Waals surface area contributed by atoms with Crippen LogP contribution in [0, 0.1) is 11.6 Å². The second-order valence-electron chi connectivity index (χ2n) is 2.60. The molecule has 72 valence electrons. The third-order valence-corrected chi connectivity index (χ3v) is 2.59. The fourth-order valence-corrected chi connectivity index (χ4v) is 1.73. The quantitative estimate of drug-likeness (QED) is 0.829. The normalized spacial score (nSPS) is 10.4. The first kappa shape index (κ1) is 9.21. The minimum Gasteiger partial charge on any atom is -0.272 e. The first-order chi connectivity index (χ1) is 6.75. The van der Waals surface area contributed by atoms with E-state index in [4.69, 9.17) is 0 Å². The molecule has 2 aromatic rings. The monoisotopic (exact) mass is 212 g/mol. The lowest BCUT2D eigenvalue weighted by molar-refractivity contribution is 0.565. The van der Waals surface area contributed by atoms with Crippen molar-refractivity contribution in [2.24, 2.45) is 0 Å². The Hall–Kier alpha value is -1.36. The highest BCUT2D eigenvalue weighted by atomic mass is 32.2. The Morgan fingerprint density at radius 2 is 2.07 bits per heavy atom. The summed E-state index contributed by atoms with van der Waals surface area (Å²) in [6.45, 7) is 0. The Balaban J connectivity index is 2.25. The number of nitrogens with one attached hydrogen (secondary N) is 1. The molecule has 5 heteroatoms. The molecule has 0 fully saturated rings. The molecule has 0 aliphatic carbocycles. The largest absolute Gasteiger partial charge is 0.272 e. The maximum absolute atomic E-state index is 13.1. The van der Waals surface area contributed by atoms with Crippen LogP contribution in [0.15, 0.2) is 40.4 Å². The van der Waals surface area contributed by atoms with Crippen LogP contribution in [0.4, 0.5) is 8.78 Å². The molecular formula is C9H6F2N2S. The molecule has 0 unspecified atom stereocenters. The number of aromatic amines is 1. The highest BCUT2D eigenvalue weighted by Gasteiger charge is 2.05. The summed E-state index contributed by atoms with van der Waals surface area (Å²) >= 11 is 1.17. The second-order valence-corrected chi connectivity index (χ2v) is 3.68. The summed E-state index contributed by atoms with van der Waals surface area (Å²) in [5.74, 6) is -1.14. The summed E-state index contributed by atoms with van der Waals surface area (Å²) in [5, 5.41) is 7.12. The van der Waals surface area contributed by atoms with E-state index in [-0.39, 0.29) is 0 Å². The van der Waals surface area contributed by atoms with E-state index in [1.807, 2.05) is 0 Å². The highest BCUT2D eigenvalue weighted by Crippen LogP contribution is 2.28. The molecule has 0 bridgehead atoms. The van der Waals surface area contributed by atoms with Gasteiger partial charge in [-0.2, -0.15) is 5.10 Å². The zero-order chi connectivity index (χ0) is 9.97. The number of nitrogens with zero attached hydrogens (tertiary/aromatic N) is 1. The number of rotatable bonds is 2. The number of hydrogen-bond acceptors (Lipinski definition) is 2. The zero-order valence-electron chi connectivity index (χ0n) is 7.00. The van der Waals surface area contributed by atoms with Gasteiger partial charge in [-0.25, -0.2) is 8.78 Å². The minimum absolute atomic E-state index is 0.371. The SMILES string of the molecule is Fc1ccc(Sc2ccn[nH]2)c(F)c1. The van der Waals surface area contributed by atoms with Gasteiger partial charge in [0.1, 0.15) is 11.6 Å². The Bertz CT molecular complexity index is 428. The molecule has 0 saturated carbocycles. The van der Waals surface area contributed by atoms with Crippen molar-refractivity contribution in [2.45, 2.75) is 9.92 Å². The van der Waals surface area contributed by atoms with Gasteiger partial charge >= 0.3 is 0 Å². The molecule has 14 heavy (non-hydrogen) atoms. The predicted octanol–water partition coefficient (Wildman–Crippen LogP) is 2.84. The lowest BCUT2D eigenvalue weighted by Crippen LogP contribution is -1.83. The molecular weight excluding hydrogens is 206 g/mol. The molecule has 0 aliphatic rings. The Morgan fingerprint density at radius 1 is 1.21 bits per heavy atom. The van der Waals surface area contributed by atoms with Crippen LogP contribution >= 0.6 is 11.8 Å². The van der Waals surface area contributed by atoms with Gasteiger partial charge in [0.05, 0.1) is 5.03 Å². The molecule has 0 radical (unpaired) electrons. The lowest BCUT2D eigenvalue weighted by atomic mass is 10.3. The maximum Gasteiger partial charge on any atom is 0.140 e. The van der Waals surface area contributed by atoms with E-state index < -0.39 is 11.6 Å². The van der Waals surface area contributed by atoms with Gasteiger partial charge < -0.3 is 0 Å². The van der Waals surface area contributed by atoms with Crippen molar-refractivity contribution < 1.29 is 8.78 Å². The van der Waals surface area contributed by atoms with Crippen molar-refractivity contribution in [1.29, 1.82) is 0 Å². The summed E-state index contributed by atoms with van der Waals surface area (Å²) in [5.41, 5.74) is 0. The average molecular weight is 212 g/mol. The predicted molar refractivity (Wildman–Crippen MR) is 49.1 cm³/mol. The minimum atomic E-state index is -0.573. The molecule has 1 aromatic carbocycles. The fourth-order valence-electron chi connectivity index (χ4n) is 0.976. The molecule has 0 amide bonds. The van der Waals surface area contributed by atoms with Crippen molar-refractivity contribution >= 4 is 11.8 Å². The smallest absolute Gasteiger partial charge is 0.140 e. The summed E-state index contributed by atoms with van der Waals surface area (Å²) in [4.78, 5) is 0.371. The molecule has 1 aromatic heterocycles. The Labute approximate surface area is 83.3 Å². The van der Waals surface area contributed by atoms with E-state index >= 15 is 0 Å². The van der Waals surface area contributed by atoms with E-state index in [9.17, 15) is 8.78 Å². The van der Waals surface area contributed by atoms with E-state index in [2.05, 4.69) is 10.2 Å². The maximum atomic E-state index is 13.1. The zero-order valence-corrected chi connectivity index (χ0v) is 7.81. The first-order valence-electron chi connectivity index (χ1n) is 3.88. The van der Waals surface area contributed by atoms with Crippen LogP contribution in [0.2, 0.25) is 0 Å². The van der Waals surface area contributed by atoms with E-state index in [1.165, 1.54) is 23.9 Å². The summed E-state index contributed by atoms with van der Waals surface area (Å²) in [6.07, 6.45) is 1.57. The van der Waals surface area contributed by atoms with Gasteiger partial charge in [0.2, 0.25) is 0 Å².